The van der Waals surface area contributed by atoms with E-state index in [0.29, 0.717) is 35.5 Å². The molecule has 0 radical (unpaired) electrons. The van der Waals surface area contributed by atoms with E-state index in [1.165, 1.54) is 12.1 Å². The number of hydrogen-bond acceptors (Lipinski definition) is 3. The van der Waals surface area contributed by atoms with Gasteiger partial charge in [-0.05, 0) is 60.5 Å². The predicted molar refractivity (Wildman–Crippen MR) is 123 cm³/mol. The van der Waals surface area contributed by atoms with Gasteiger partial charge in [0, 0.05) is 43.2 Å². The number of hydrogen-bond donors (Lipinski definition) is 3. The summed E-state index contributed by atoms with van der Waals surface area (Å²) >= 11 is 0. The Kier molecular flexibility index (Phi) is 8.71. The second-order valence-electron chi connectivity index (χ2n) is 7.12. The van der Waals surface area contributed by atoms with Gasteiger partial charge in [0.25, 0.3) is 0 Å². The van der Waals surface area contributed by atoms with Crippen molar-refractivity contribution in [1.29, 1.82) is 0 Å². The van der Waals surface area contributed by atoms with E-state index < -0.39 is 6.43 Å². The maximum absolute atomic E-state index is 13.1. The highest BCUT2D eigenvalue weighted by Crippen LogP contribution is 2.20. The topological polar surface area (TPSA) is 66.0 Å². The lowest BCUT2D eigenvalue weighted by atomic mass is 10.1. The van der Waals surface area contributed by atoms with Gasteiger partial charge < -0.3 is 16.0 Å². The van der Waals surface area contributed by atoms with E-state index in [1.54, 1.807) is 42.7 Å². The first kappa shape index (κ1) is 23.7. The molecule has 0 aliphatic carbocycles. The fraction of sp³-hybridized carbons (Fsp3) is 0.200. The third-order valence-corrected chi connectivity index (χ3v) is 4.56. The van der Waals surface area contributed by atoms with Crippen LogP contribution in [0.25, 0.3) is 0 Å². The van der Waals surface area contributed by atoms with Crippen LogP contribution in [-0.2, 0) is 6.42 Å². The molecule has 2 aromatic carbocycles. The molecule has 33 heavy (non-hydrogen) atoms. The van der Waals surface area contributed by atoms with Crippen molar-refractivity contribution in [1.82, 2.24) is 10.3 Å². The highest BCUT2D eigenvalue weighted by molar-refractivity contribution is 5.90. The first-order valence-corrected chi connectivity index (χ1v) is 10.4. The Labute approximate surface area is 190 Å². The van der Waals surface area contributed by atoms with Crippen LogP contribution in [0.1, 0.15) is 23.1 Å². The Hall–Kier alpha value is -3.99. The lowest BCUT2D eigenvalue weighted by molar-refractivity contribution is 0.142. The first-order chi connectivity index (χ1) is 16.0. The highest BCUT2D eigenvalue weighted by Gasteiger charge is 2.07. The molecule has 0 atom stereocenters. The number of carbonyl (C=O) groups excluding carboxylic acids is 1. The van der Waals surface area contributed by atoms with Crippen molar-refractivity contribution in [2.24, 2.45) is 0 Å². The number of aromatic nitrogens is 1. The van der Waals surface area contributed by atoms with Crippen LogP contribution in [0.2, 0.25) is 0 Å². The van der Waals surface area contributed by atoms with Gasteiger partial charge in [0.1, 0.15) is 5.82 Å². The quantitative estimate of drug-likeness (QED) is 0.419. The summed E-state index contributed by atoms with van der Waals surface area (Å²) in [4.78, 5) is 16.3. The smallest absolute Gasteiger partial charge is 0.319 e. The highest BCUT2D eigenvalue weighted by atomic mass is 19.3. The fourth-order valence-corrected chi connectivity index (χ4v) is 2.91. The minimum absolute atomic E-state index is 0.0739. The van der Waals surface area contributed by atoms with Crippen LogP contribution in [0.15, 0.2) is 67.0 Å². The lowest BCUT2D eigenvalue weighted by Gasteiger charge is -2.12. The van der Waals surface area contributed by atoms with Crippen LogP contribution in [0.3, 0.4) is 0 Å². The first-order valence-electron chi connectivity index (χ1n) is 10.4. The van der Waals surface area contributed by atoms with Crippen molar-refractivity contribution in [3.8, 4) is 11.8 Å². The van der Waals surface area contributed by atoms with Crippen LogP contribution in [0.5, 0.6) is 0 Å². The van der Waals surface area contributed by atoms with Gasteiger partial charge in [0.15, 0.2) is 0 Å². The molecule has 0 aliphatic rings. The summed E-state index contributed by atoms with van der Waals surface area (Å²) in [5.74, 6) is 5.52. The Morgan fingerprint density at radius 1 is 1.03 bits per heavy atom. The van der Waals surface area contributed by atoms with E-state index in [1.807, 2.05) is 12.1 Å². The minimum Gasteiger partial charge on any atom is -0.384 e. The molecule has 0 aliphatic heterocycles. The molecule has 0 saturated heterocycles. The third kappa shape index (κ3) is 8.22. The number of pyridine rings is 1. The molecule has 0 fully saturated rings. The molecular weight excluding hydrogens is 429 g/mol. The molecular formula is C25H23F3N4O. The molecule has 0 spiro atoms. The number of benzene rings is 2. The predicted octanol–water partition coefficient (Wildman–Crippen LogP) is 5.05. The van der Waals surface area contributed by atoms with Crippen molar-refractivity contribution in [3.63, 3.8) is 0 Å². The summed E-state index contributed by atoms with van der Waals surface area (Å²) in [5, 5.41) is 8.47. The summed E-state index contributed by atoms with van der Waals surface area (Å²) < 4.78 is 38.1. The summed E-state index contributed by atoms with van der Waals surface area (Å²) in [6.07, 6.45) is 1.35. The summed E-state index contributed by atoms with van der Waals surface area (Å²) in [7, 11) is 0. The molecule has 170 valence electrons. The van der Waals surface area contributed by atoms with Gasteiger partial charge in [-0.1, -0.05) is 17.9 Å². The molecule has 1 aromatic heterocycles. The van der Waals surface area contributed by atoms with E-state index >= 15 is 0 Å². The maximum atomic E-state index is 13.1. The standard InChI is InChI=1S/C25H23F3N4O/c26-21-7-4-18(5-8-21)3-6-20-16-22(9-10-23(20)30-15-12-24(27)28)32-25(33)31-14-11-19-2-1-13-29-17-19/h1-2,4-5,7-10,13,16-17,24,30H,11-12,14-15H2,(H2,31,32,33). The molecule has 3 N–H and O–H groups in total. The van der Waals surface area contributed by atoms with Crippen LogP contribution in [-0.4, -0.2) is 30.5 Å². The maximum Gasteiger partial charge on any atom is 0.319 e. The van der Waals surface area contributed by atoms with E-state index in [2.05, 4.69) is 32.8 Å². The van der Waals surface area contributed by atoms with Gasteiger partial charge in [-0.2, -0.15) is 0 Å². The zero-order valence-electron chi connectivity index (χ0n) is 17.7. The number of anilines is 2. The van der Waals surface area contributed by atoms with Crippen molar-refractivity contribution < 1.29 is 18.0 Å². The number of nitrogens with zero attached hydrogens (tertiary/aromatic N) is 1. The van der Waals surface area contributed by atoms with E-state index in [9.17, 15) is 18.0 Å². The Bertz CT molecular complexity index is 1110. The van der Waals surface area contributed by atoms with Crippen molar-refractivity contribution in [2.75, 3.05) is 23.7 Å². The lowest BCUT2D eigenvalue weighted by Crippen LogP contribution is -2.30. The molecule has 5 nitrogen and oxygen atoms in total. The number of rotatable bonds is 8. The average molecular weight is 452 g/mol. The van der Waals surface area contributed by atoms with E-state index in [0.717, 1.165) is 5.56 Å². The molecule has 3 rings (SSSR count). The van der Waals surface area contributed by atoms with Crippen LogP contribution in [0.4, 0.5) is 29.3 Å². The van der Waals surface area contributed by atoms with Crippen molar-refractivity contribution >= 4 is 17.4 Å². The van der Waals surface area contributed by atoms with Gasteiger partial charge in [-0.3, -0.25) is 4.98 Å². The summed E-state index contributed by atoms with van der Waals surface area (Å²) in [6.45, 7) is 0.506. The Morgan fingerprint density at radius 2 is 1.85 bits per heavy atom. The second-order valence-corrected chi connectivity index (χ2v) is 7.12. The SMILES string of the molecule is O=C(NCCc1cccnc1)Nc1ccc(NCCC(F)F)c(C#Cc2ccc(F)cc2)c1. The Morgan fingerprint density at radius 3 is 2.58 bits per heavy atom. The largest absolute Gasteiger partial charge is 0.384 e. The minimum atomic E-state index is -2.41. The van der Waals surface area contributed by atoms with Crippen LogP contribution < -0.4 is 16.0 Å². The molecule has 0 saturated carbocycles. The molecule has 8 heteroatoms. The Balaban J connectivity index is 1.68. The summed E-state index contributed by atoms with van der Waals surface area (Å²) in [6, 6.07) is 14.1. The van der Waals surface area contributed by atoms with Crippen LogP contribution >= 0.6 is 0 Å². The van der Waals surface area contributed by atoms with Gasteiger partial charge in [0.05, 0.1) is 11.3 Å². The second kappa shape index (κ2) is 12.2. The van der Waals surface area contributed by atoms with Gasteiger partial charge >= 0.3 is 6.03 Å². The number of nitrogens with one attached hydrogen (secondary N) is 3. The van der Waals surface area contributed by atoms with E-state index in [4.69, 9.17) is 0 Å². The number of carbonyl (C=O) groups is 1. The molecule has 1 heterocycles. The third-order valence-electron chi connectivity index (χ3n) is 4.56. The molecule has 3 aromatic rings. The number of urea groups is 1. The number of amides is 2. The monoisotopic (exact) mass is 452 g/mol. The van der Waals surface area contributed by atoms with E-state index in [-0.39, 0.29) is 24.8 Å². The molecule has 0 unspecified atom stereocenters. The zero-order chi connectivity index (χ0) is 23.5. The normalized spacial score (nSPS) is 10.3. The number of halogens is 3. The van der Waals surface area contributed by atoms with Gasteiger partial charge in [-0.15, -0.1) is 0 Å². The number of alkyl halides is 2. The average Bonchev–Trinajstić information content (AvgIpc) is 2.80. The van der Waals surface area contributed by atoms with Crippen molar-refractivity contribution in [2.45, 2.75) is 19.3 Å². The van der Waals surface area contributed by atoms with Crippen LogP contribution in [0, 0.1) is 17.7 Å². The zero-order valence-corrected chi connectivity index (χ0v) is 17.7. The molecule has 2 amide bonds. The van der Waals surface area contributed by atoms with Gasteiger partial charge in [0.2, 0.25) is 6.43 Å². The molecule has 0 bridgehead atoms. The summed E-state index contributed by atoms with van der Waals surface area (Å²) in [5.41, 5.74) is 3.18. The fourth-order valence-electron chi connectivity index (χ4n) is 2.91. The van der Waals surface area contributed by atoms with Gasteiger partial charge in [-0.25, -0.2) is 18.0 Å². The van der Waals surface area contributed by atoms with Crippen molar-refractivity contribution in [3.05, 3.63) is 89.5 Å².